The van der Waals surface area contributed by atoms with Crippen molar-refractivity contribution in [2.45, 2.75) is 45.6 Å². The first kappa shape index (κ1) is 21.5. The highest BCUT2D eigenvalue weighted by molar-refractivity contribution is 5.79. The minimum atomic E-state index is 0.414. The molecule has 27 heavy (non-hydrogen) atoms. The molecular weight excluding hydrogens is 336 g/mol. The molecule has 5 nitrogen and oxygen atoms in total. The van der Waals surface area contributed by atoms with Crippen molar-refractivity contribution in [3.8, 4) is 5.75 Å². The molecule has 0 amide bonds. The maximum atomic E-state index is 5.33. The van der Waals surface area contributed by atoms with Gasteiger partial charge in [0.2, 0.25) is 0 Å². The van der Waals surface area contributed by atoms with Crippen LogP contribution in [-0.2, 0) is 0 Å². The summed E-state index contributed by atoms with van der Waals surface area (Å²) in [7, 11) is 6.10. The molecule has 2 atom stereocenters. The predicted molar refractivity (Wildman–Crippen MR) is 115 cm³/mol. The van der Waals surface area contributed by atoms with Crippen LogP contribution < -0.4 is 10.1 Å². The molecule has 1 N–H and O–H groups in total. The zero-order chi connectivity index (χ0) is 19.6. The highest BCUT2D eigenvalue weighted by Gasteiger charge is 2.30. The van der Waals surface area contributed by atoms with Gasteiger partial charge in [-0.2, -0.15) is 0 Å². The van der Waals surface area contributed by atoms with Gasteiger partial charge in [-0.05, 0) is 63.4 Å². The molecule has 0 spiro atoms. The van der Waals surface area contributed by atoms with Crippen LogP contribution in [0.2, 0.25) is 0 Å². The third-order valence-electron chi connectivity index (χ3n) is 5.48. The van der Waals surface area contributed by atoms with E-state index in [2.05, 4.69) is 67.3 Å². The van der Waals surface area contributed by atoms with Gasteiger partial charge in [-0.25, -0.2) is 0 Å². The molecule has 1 aromatic rings. The molecule has 0 bridgehead atoms. The Labute approximate surface area is 165 Å². The Morgan fingerprint density at radius 3 is 2.67 bits per heavy atom. The van der Waals surface area contributed by atoms with E-state index in [0.29, 0.717) is 12.0 Å². The van der Waals surface area contributed by atoms with Gasteiger partial charge in [0.25, 0.3) is 0 Å². The van der Waals surface area contributed by atoms with Crippen LogP contribution in [0.15, 0.2) is 29.3 Å². The second kappa shape index (κ2) is 11.2. The number of aliphatic imine (C=N–C) groups is 1. The first-order valence-electron chi connectivity index (χ1n) is 10.4. The van der Waals surface area contributed by atoms with E-state index in [4.69, 9.17) is 9.73 Å². The van der Waals surface area contributed by atoms with Gasteiger partial charge in [0.15, 0.2) is 5.96 Å². The Balaban J connectivity index is 2.14. The molecule has 1 saturated heterocycles. The molecule has 0 radical (unpaired) electrons. The quantitative estimate of drug-likeness (QED) is 0.555. The van der Waals surface area contributed by atoms with Crippen LogP contribution >= 0.6 is 0 Å². The van der Waals surface area contributed by atoms with E-state index in [-0.39, 0.29) is 0 Å². The van der Waals surface area contributed by atoms with Gasteiger partial charge in [-0.3, -0.25) is 9.89 Å². The summed E-state index contributed by atoms with van der Waals surface area (Å²) in [5, 5.41) is 3.46. The van der Waals surface area contributed by atoms with Gasteiger partial charge < -0.3 is 15.0 Å². The number of rotatable bonds is 8. The number of methoxy groups -OCH3 is 1. The van der Waals surface area contributed by atoms with Crippen molar-refractivity contribution in [3.63, 3.8) is 0 Å². The van der Waals surface area contributed by atoms with Crippen LogP contribution in [-0.4, -0.2) is 63.1 Å². The average molecular weight is 375 g/mol. The van der Waals surface area contributed by atoms with Crippen molar-refractivity contribution in [1.82, 2.24) is 15.1 Å². The third kappa shape index (κ3) is 6.13. The molecule has 152 valence electrons. The lowest BCUT2D eigenvalue weighted by Gasteiger charge is -2.39. The van der Waals surface area contributed by atoms with Crippen molar-refractivity contribution >= 4 is 5.96 Å². The summed E-state index contributed by atoms with van der Waals surface area (Å²) in [4.78, 5) is 9.77. The molecule has 1 fully saturated rings. The number of hydrogen-bond acceptors (Lipinski definition) is 3. The summed E-state index contributed by atoms with van der Waals surface area (Å²) in [5.74, 6) is 2.48. The summed E-state index contributed by atoms with van der Waals surface area (Å²) in [6.45, 7) is 8.33. The molecule has 2 rings (SSSR count). The number of nitrogens with zero attached hydrogens (tertiary/aromatic N) is 3. The predicted octanol–water partition coefficient (Wildman–Crippen LogP) is 3.78. The number of likely N-dealkylation sites (tertiary alicyclic amines) is 1. The summed E-state index contributed by atoms with van der Waals surface area (Å²) in [6.07, 6.45) is 4.87. The number of piperidine rings is 1. The molecule has 0 aliphatic carbocycles. The summed E-state index contributed by atoms with van der Waals surface area (Å²) < 4.78 is 5.33. The molecule has 0 saturated carbocycles. The fourth-order valence-electron chi connectivity index (χ4n) is 3.95. The molecule has 5 heteroatoms. The number of unbranched alkanes of at least 4 members (excludes halogenated alkanes) is 1. The molecular formula is C22H38N4O. The van der Waals surface area contributed by atoms with Crippen molar-refractivity contribution in [1.29, 1.82) is 0 Å². The third-order valence-corrected chi connectivity index (χ3v) is 5.48. The van der Waals surface area contributed by atoms with Crippen molar-refractivity contribution in [2.24, 2.45) is 10.9 Å². The van der Waals surface area contributed by atoms with E-state index in [9.17, 15) is 0 Å². The molecule has 1 aromatic carbocycles. The Kier molecular flexibility index (Phi) is 8.92. The second-order valence-electron chi connectivity index (χ2n) is 7.57. The molecule has 1 aliphatic rings. The van der Waals surface area contributed by atoms with Crippen molar-refractivity contribution < 1.29 is 4.74 Å². The van der Waals surface area contributed by atoms with Crippen LogP contribution in [0.5, 0.6) is 5.75 Å². The Bertz CT molecular complexity index is 572. The maximum absolute atomic E-state index is 5.33. The number of guanidine groups is 1. The van der Waals surface area contributed by atoms with E-state index in [1.165, 1.54) is 31.2 Å². The van der Waals surface area contributed by atoms with Crippen LogP contribution in [0.4, 0.5) is 0 Å². The zero-order valence-corrected chi connectivity index (χ0v) is 17.9. The van der Waals surface area contributed by atoms with E-state index >= 15 is 0 Å². The lowest BCUT2D eigenvalue weighted by molar-refractivity contribution is 0.125. The van der Waals surface area contributed by atoms with Gasteiger partial charge in [0.1, 0.15) is 5.75 Å². The van der Waals surface area contributed by atoms with Crippen LogP contribution in [0.25, 0.3) is 0 Å². The molecule has 0 aromatic heterocycles. The maximum Gasteiger partial charge on any atom is 0.193 e. The van der Waals surface area contributed by atoms with Crippen LogP contribution in [0.1, 0.15) is 51.1 Å². The first-order chi connectivity index (χ1) is 13.1. The van der Waals surface area contributed by atoms with Gasteiger partial charge in [-0.1, -0.05) is 25.5 Å². The summed E-state index contributed by atoms with van der Waals surface area (Å²) >= 11 is 0. The fraction of sp³-hybridized carbons (Fsp3) is 0.682. The average Bonchev–Trinajstić information content (AvgIpc) is 2.69. The summed E-state index contributed by atoms with van der Waals surface area (Å²) in [5.41, 5.74) is 1.36. The smallest absolute Gasteiger partial charge is 0.193 e. The number of ether oxygens (including phenoxy) is 1. The normalized spacial score (nSPS) is 21.1. The van der Waals surface area contributed by atoms with E-state index in [1.54, 1.807) is 7.11 Å². The lowest BCUT2D eigenvalue weighted by Crippen LogP contribution is -2.41. The zero-order valence-electron chi connectivity index (χ0n) is 17.9. The topological polar surface area (TPSA) is 40.1 Å². The fourth-order valence-corrected chi connectivity index (χ4v) is 3.95. The first-order valence-corrected chi connectivity index (χ1v) is 10.4. The van der Waals surface area contributed by atoms with E-state index in [0.717, 1.165) is 37.9 Å². The highest BCUT2D eigenvalue weighted by atomic mass is 16.5. The molecule has 1 aliphatic heterocycles. The standard InChI is InChI=1S/C22H38N4O/c1-6-8-15-26(4)22(23-7-2)24-17-19-10-9-16-25(3)21(19)18-11-13-20(27-5)14-12-18/h11-14,19,21H,6-10,15-17H2,1-5H3,(H,23,24). The molecule has 1 heterocycles. The second-order valence-corrected chi connectivity index (χ2v) is 7.57. The number of hydrogen-bond donors (Lipinski definition) is 1. The Hall–Kier alpha value is -1.75. The minimum absolute atomic E-state index is 0.414. The number of benzene rings is 1. The Morgan fingerprint density at radius 2 is 2.04 bits per heavy atom. The Morgan fingerprint density at radius 1 is 1.30 bits per heavy atom. The molecule has 2 unspecified atom stereocenters. The van der Waals surface area contributed by atoms with Crippen molar-refractivity contribution in [3.05, 3.63) is 29.8 Å². The van der Waals surface area contributed by atoms with Gasteiger partial charge >= 0.3 is 0 Å². The monoisotopic (exact) mass is 374 g/mol. The van der Waals surface area contributed by atoms with Crippen LogP contribution in [0.3, 0.4) is 0 Å². The minimum Gasteiger partial charge on any atom is -0.497 e. The van der Waals surface area contributed by atoms with Gasteiger partial charge in [-0.15, -0.1) is 0 Å². The van der Waals surface area contributed by atoms with Gasteiger partial charge in [0.05, 0.1) is 7.11 Å². The SMILES string of the molecule is CCCCN(C)C(=NCC1CCCN(C)C1c1ccc(OC)cc1)NCC. The van der Waals surface area contributed by atoms with E-state index in [1.807, 2.05) is 0 Å². The highest BCUT2D eigenvalue weighted by Crippen LogP contribution is 2.35. The van der Waals surface area contributed by atoms with E-state index < -0.39 is 0 Å². The van der Waals surface area contributed by atoms with Gasteiger partial charge in [0, 0.05) is 32.7 Å². The van der Waals surface area contributed by atoms with Crippen LogP contribution in [0, 0.1) is 5.92 Å². The summed E-state index contributed by atoms with van der Waals surface area (Å²) in [6, 6.07) is 8.97. The largest absolute Gasteiger partial charge is 0.497 e. The lowest BCUT2D eigenvalue weighted by atomic mass is 9.85. The number of nitrogens with one attached hydrogen (secondary N) is 1. The van der Waals surface area contributed by atoms with Crippen molar-refractivity contribution in [2.75, 3.05) is 47.4 Å².